The molecule has 1 atom stereocenters. The molecule has 0 saturated heterocycles. The average Bonchev–Trinajstić information content (AvgIpc) is 2.65. The number of aryl methyl sites for hydroxylation is 1. The molecule has 7 heteroatoms. The number of hydrogen-bond acceptors (Lipinski definition) is 6. The first-order valence-electron chi connectivity index (χ1n) is 9.50. The van der Waals surface area contributed by atoms with Crippen LogP contribution in [0, 0.1) is 11.8 Å². The van der Waals surface area contributed by atoms with E-state index in [-0.39, 0.29) is 26.1 Å². The Kier molecular flexibility index (Phi) is 10.5. The van der Waals surface area contributed by atoms with Crippen molar-refractivity contribution in [1.29, 1.82) is 0 Å². The lowest BCUT2D eigenvalue weighted by molar-refractivity contribution is -0.162. The molecular weight excluding hydrogens is 364 g/mol. The van der Waals surface area contributed by atoms with E-state index in [1.54, 1.807) is 13.8 Å². The number of carbonyl (C=O) groups excluding carboxylic acids is 3. The molecule has 1 N–H and O–H groups in total. The van der Waals surface area contributed by atoms with Crippen molar-refractivity contribution in [2.24, 2.45) is 11.8 Å². The Hall–Kier alpha value is -2.70. The molecule has 0 spiro atoms. The van der Waals surface area contributed by atoms with Crippen LogP contribution in [0.3, 0.4) is 0 Å². The lowest BCUT2D eigenvalue weighted by Gasteiger charge is -2.19. The van der Waals surface area contributed by atoms with Gasteiger partial charge in [-0.3, -0.25) is 19.2 Å². The van der Waals surface area contributed by atoms with E-state index >= 15 is 0 Å². The summed E-state index contributed by atoms with van der Waals surface area (Å²) >= 11 is 0. The average molecular weight is 392 g/mol. The van der Waals surface area contributed by atoms with Crippen molar-refractivity contribution in [3.05, 3.63) is 35.9 Å². The molecule has 0 heterocycles. The molecule has 0 radical (unpaired) electrons. The molecule has 0 aliphatic rings. The maximum absolute atomic E-state index is 12.4. The molecule has 1 aromatic carbocycles. The van der Waals surface area contributed by atoms with E-state index < -0.39 is 41.9 Å². The van der Waals surface area contributed by atoms with Crippen LogP contribution >= 0.6 is 0 Å². The number of benzene rings is 1. The van der Waals surface area contributed by atoms with Gasteiger partial charge < -0.3 is 14.6 Å². The summed E-state index contributed by atoms with van der Waals surface area (Å²) in [6, 6.07) is 9.53. The van der Waals surface area contributed by atoms with Crippen LogP contribution in [0.25, 0.3) is 0 Å². The van der Waals surface area contributed by atoms with Crippen molar-refractivity contribution >= 4 is 23.7 Å². The molecule has 0 fully saturated rings. The van der Waals surface area contributed by atoms with Crippen molar-refractivity contribution < 1.29 is 33.8 Å². The number of esters is 2. The second kappa shape index (κ2) is 12.6. The van der Waals surface area contributed by atoms with E-state index in [2.05, 4.69) is 0 Å². The third-order valence-corrected chi connectivity index (χ3v) is 4.35. The summed E-state index contributed by atoms with van der Waals surface area (Å²) in [5, 5.41) is 8.94. The van der Waals surface area contributed by atoms with Crippen molar-refractivity contribution in [3.8, 4) is 0 Å². The molecule has 0 saturated carbocycles. The highest BCUT2D eigenvalue weighted by Crippen LogP contribution is 2.22. The molecule has 154 valence electrons. The lowest BCUT2D eigenvalue weighted by Crippen LogP contribution is -2.29. The van der Waals surface area contributed by atoms with Gasteiger partial charge in [-0.25, -0.2) is 0 Å². The number of rotatable bonds is 13. The molecule has 0 bridgehead atoms. The fourth-order valence-electron chi connectivity index (χ4n) is 2.93. The Morgan fingerprint density at radius 1 is 0.893 bits per heavy atom. The minimum absolute atomic E-state index is 0.0719. The Bertz CT molecular complexity index is 636. The van der Waals surface area contributed by atoms with Crippen LogP contribution in [0.4, 0.5) is 0 Å². The molecule has 1 rings (SSSR count). The number of Topliss-reactive ketones (excluding diaryl/α,β-unsaturated/α-hetero) is 1. The number of carboxylic acid groups (broad SMARTS) is 1. The van der Waals surface area contributed by atoms with E-state index in [0.29, 0.717) is 12.8 Å². The van der Waals surface area contributed by atoms with Gasteiger partial charge >= 0.3 is 17.9 Å². The molecule has 0 amide bonds. The Labute approximate surface area is 165 Å². The zero-order chi connectivity index (χ0) is 20.9. The fraction of sp³-hybridized carbons (Fsp3) is 0.524. The topological polar surface area (TPSA) is 107 Å². The van der Waals surface area contributed by atoms with Gasteiger partial charge in [0, 0.05) is 5.92 Å². The molecule has 7 nitrogen and oxygen atoms in total. The predicted octanol–water partition coefficient (Wildman–Crippen LogP) is 2.80. The third kappa shape index (κ3) is 8.33. The summed E-state index contributed by atoms with van der Waals surface area (Å²) in [7, 11) is 0. The maximum Gasteiger partial charge on any atom is 0.320 e. The van der Waals surface area contributed by atoms with Crippen LogP contribution in [0.1, 0.15) is 45.1 Å². The second-order valence-electron chi connectivity index (χ2n) is 6.39. The summed E-state index contributed by atoms with van der Waals surface area (Å²) in [6.45, 7) is 3.53. The third-order valence-electron chi connectivity index (χ3n) is 4.35. The van der Waals surface area contributed by atoms with Gasteiger partial charge in [-0.1, -0.05) is 30.3 Å². The highest BCUT2D eigenvalue weighted by Gasteiger charge is 2.31. The quantitative estimate of drug-likeness (QED) is 0.406. The number of ether oxygens (including phenoxy) is 2. The maximum atomic E-state index is 12.4. The van der Waals surface area contributed by atoms with Gasteiger partial charge in [-0.05, 0) is 45.1 Å². The van der Waals surface area contributed by atoms with Crippen LogP contribution < -0.4 is 0 Å². The second-order valence-corrected chi connectivity index (χ2v) is 6.39. The highest BCUT2D eigenvalue weighted by molar-refractivity contribution is 5.96. The monoisotopic (exact) mass is 392 g/mol. The molecule has 0 aromatic heterocycles. The van der Waals surface area contributed by atoms with Crippen molar-refractivity contribution in [2.45, 2.75) is 46.0 Å². The minimum atomic E-state index is -1.19. The van der Waals surface area contributed by atoms with Crippen LogP contribution in [0.2, 0.25) is 0 Å². The van der Waals surface area contributed by atoms with Crippen molar-refractivity contribution in [2.75, 3.05) is 13.2 Å². The number of hydrogen-bond donors (Lipinski definition) is 1. The zero-order valence-electron chi connectivity index (χ0n) is 16.4. The fourth-order valence-corrected chi connectivity index (χ4v) is 2.93. The largest absolute Gasteiger partial charge is 0.481 e. The molecule has 0 aliphatic heterocycles. The first-order chi connectivity index (χ1) is 13.4. The van der Waals surface area contributed by atoms with Crippen LogP contribution in [0.5, 0.6) is 0 Å². The molecular formula is C21H28O7. The van der Waals surface area contributed by atoms with Gasteiger partial charge in [-0.15, -0.1) is 0 Å². The van der Waals surface area contributed by atoms with E-state index in [4.69, 9.17) is 14.6 Å². The molecule has 0 aliphatic carbocycles. The number of carboxylic acids is 1. The summed E-state index contributed by atoms with van der Waals surface area (Å²) in [5.74, 6) is -4.65. The molecule has 1 unspecified atom stereocenters. The molecule has 1 aromatic rings. The lowest BCUT2D eigenvalue weighted by atomic mass is 9.87. The van der Waals surface area contributed by atoms with Gasteiger partial charge in [-0.2, -0.15) is 0 Å². The number of ketones is 1. The van der Waals surface area contributed by atoms with Crippen LogP contribution in [-0.4, -0.2) is 42.0 Å². The van der Waals surface area contributed by atoms with Gasteiger partial charge in [0.1, 0.15) is 12.2 Å². The highest BCUT2D eigenvalue weighted by atomic mass is 16.6. The SMILES string of the molecule is CCOC(=O)C(CCC(CCc1ccccc1)C(=O)CC(=O)O)C(=O)OCC. The van der Waals surface area contributed by atoms with E-state index in [9.17, 15) is 19.2 Å². The van der Waals surface area contributed by atoms with Gasteiger partial charge in [0.2, 0.25) is 0 Å². The normalized spacial score (nSPS) is 11.7. The summed E-state index contributed by atoms with van der Waals surface area (Å²) in [4.78, 5) is 47.5. The van der Waals surface area contributed by atoms with Gasteiger partial charge in [0.25, 0.3) is 0 Å². The van der Waals surface area contributed by atoms with E-state index in [0.717, 1.165) is 5.56 Å². The minimum Gasteiger partial charge on any atom is -0.481 e. The van der Waals surface area contributed by atoms with Gasteiger partial charge in [0.05, 0.1) is 13.2 Å². The Balaban J connectivity index is 2.83. The first-order valence-corrected chi connectivity index (χ1v) is 9.50. The van der Waals surface area contributed by atoms with Gasteiger partial charge in [0.15, 0.2) is 5.92 Å². The number of aliphatic carboxylic acids is 1. The van der Waals surface area contributed by atoms with E-state index in [1.165, 1.54) is 0 Å². The zero-order valence-corrected chi connectivity index (χ0v) is 16.4. The van der Waals surface area contributed by atoms with Crippen molar-refractivity contribution in [1.82, 2.24) is 0 Å². The smallest absolute Gasteiger partial charge is 0.320 e. The predicted molar refractivity (Wildman–Crippen MR) is 102 cm³/mol. The van der Waals surface area contributed by atoms with E-state index in [1.807, 2.05) is 30.3 Å². The summed E-state index contributed by atoms with van der Waals surface area (Å²) in [5.41, 5.74) is 1.03. The first kappa shape index (κ1) is 23.3. The number of carbonyl (C=O) groups is 4. The Morgan fingerprint density at radius 2 is 1.46 bits per heavy atom. The van der Waals surface area contributed by atoms with Crippen LogP contribution in [-0.2, 0) is 35.1 Å². The summed E-state index contributed by atoms with van der Waals surface area (Å²) in [6.07, 6.45) is 0.738. The molecule has 28 heavy (non-hydrogen) atoms. The van der Waals surface area contributed by atoms with Crippen LogP contribution in [0.15, 0.2) is 30.3 Å². The summed E-state index contributed by atoms with van der Waals surface area (Å²) < 4.78 is 9.88. The standard InChI is InChI=1S/C21H28O7/c1-3-27-20(25)17(21(26)28-4-2)13-12-16(18(22)14-19(23)24)11-10-15-8-6-5-7-9-15/h5-9,16-17H,3-4,10-14H2,1-2H3,(H,23,24). The van der Waals surface area contributed by atoms with Crippen molar-refractivity contribution in [3.63, 3.8) is 0 Å². The Morgan fingerprint density at radius 3 is 1.96 bits per heavy atom.